The van der Waals surface area contributed by atoms with Crippen molar-refractivity contribution in [3.8, 4) is 23.0 Å². The van der Waals surface area contributed by atoms with Crippen molar-refractivity contribution < 1.29 is 28.5 Å². The molecule has 0 radical (unpaired) electrons. The summed E-state index contributed by atoms with van der Waals surface area (Å²) in [5.74, 6) is 1.18. The second-order valence-electron chi connectivity index (χ2n) is 10.2. The minimum Gasteiger partial charge on any atom is -0.494 e. The van der Waals surface area contributed by atoms with Crippen LogP contribution in [0.4, 0.5) is 0 Å². The largest absolute Gasteiger partial charge is 0.494 e. The van der Waals surface area contributed by atoms with Crippen LogP contribution in [-0.4, -0.2) is 51.1 Å². The molecular weight excluding hydrogens is 494 g/mol. The molecule has 1 amide bonds. The number of likely N-dealkylation sites (tertiary alicyclic amines) is 1. The summed E-state index contributed by atoms with van der Waals surface area (Å²) >= 11 is 0. The molecule has 1 atom stereocenters. The maximum absolute atomic E-state index is 13.2. The van der Waals surface area contributed by atoms with Crippen molar-refractivity contribution in [1.82, 2.24) is 4.90 Å². The standard InChI is InChI=1S/C32H45NO6/c1-5-6-7-8-9-10-11-12-13-14-19-39-26-17-15-25(16-18-26)30-27(34)23-33(32(30)35)22-24-20-28(36-2)31(38-4)29(21-24)37-3/h15-18,20-21,30H,5-14,19,22-23H2,1-4H3. The van der Waals surface area contributed by atoms with Gasteiger partial charge in [-0.2, -0.15) is 0 Å². The van der Waals surface area contributed by atoms with E-state index >= 15 is 0 Å². The Morgan fingerprint density at radius 2 is 1.33 bits per heavy atom. The van der Waals surface area contributed by atoms with Gasteiger partial charge < -0.3 is 23.8 Å². The van der Waals surface area contributed by atoms with Crippen LogP contribution in [0.25, 0.3) is 0 Å². The second-order valence-corrected chi connectivity index (χ2v) is 10.2. The predicted octanol–water partition coefficient (Wildman–Crippen LogP) is 6.71. The zero-order valence-electron chi connectivity index (χ0n) is 24.1. The summed E-state index contributed by atoms with van der Waals surface area (Å²) < 4.78 is 22.1. The molecule has 1 unspecified atom stereocenters. The first kappa shape index (κ1) is 30.3. The Kier molecular flexibility index (Phi) is 12.5. The Bertz CT molecular complexity index is 1030. The van der Waals surface area contributed by atoms with E-state index in [4.69, 9.17) is 18.9 Å². The third kappa shape index (κ3) is 8.64. The van der Waals surface area contributed by atoms with Crippen LogP contribution in [0.15, 0.2) is 36.4 Å². The average molecular weight is 540 g/mol. The monoisotopic (exact) mass is 539 g/mol. The molecule has 2 aromatic carbocycles. The Morgan fingerprint density at radius 3 is 1.87 bits per heavy atom. The van der Waals surface area contributed by atoms with Gasteiger partial charge in [0, 0.05) is 6.54 Å². The highest BCUT2D eigenvalue weighted by atomic mass is 16.5. The third-order valence-electron chi connectivity index (χ3n) is 7.31. The maximum atomic E-state index is 13.2. The van der Waals surface area contributed by atoms with Crippen LogP contribution in [0.1, 0.15) is 88.2 Å². The van der Waals surface area contributed by atoms with Gasteiger partial charge >= 0.3 is 0 Å². The molecule has 0 N–H and O–H groups in total. The number of benzene rings is 2. The van der Waals surface area contributed by atoms with Crippen LogP contribution >= 0.6 is 0 Å². The molecule has 2 aromatic rings. The maximum Gasteiger partial charge on any atom is 0.238 e. The van der Waals surface area contributed by atoms with E-state index < -0.39 is 5.92 Å². The first-order chi connectivity index (χ1) is 19.0. The van der Waals surface area contributed by atoms with Crippen molar-refractivity contribution in [2.45, 2.75) is 83.6 Å². The molecule has 214 valence electrons. The number of unbranched alkanes of at least 4 members (excludes halogenated alkanes) is 9. The number of ether oxygens (including phenoxy) is 4. The molecule has 1 aliphatic rings. The molecule has 0 bridgehead atoms. The lowest BCUT2D eigenvalue weighted by Gasteiger charge is -2.19. The van der Waals surface area contributed by atoms with Crippen LogP contribution in [0.3, 0.4) is 0 Å². The number of hydrogen-bond donors (Lipinski definition) is 0. The number of amides is 1. The number of nitrogens with zero attached hydrogens (tertiary/aromatic N) is 1. The van der Waals surface area contributed by atoms with E-state index in [9.17, 15) is 9.59 Å². The molecule has 1 aliphatic heterocycles. The van der Waals surface area contributed by atoms with E-state index in [1.54, 1.807) is 38.4 Å². The van der Waals surface area contributed by atoms with Crippen LogP contribution in [-0.2, 0) is 16.1 Å². The van der Waals surface area contributed by atoms with Gasteiger partial charge in [-0.15, -0.1) is 0 Å². The fraction of sp³-hybridized carbons (Fsp3) is 0.562. The van der Waals surface area contributed by atoms with E-state index in [1.165, 1.54) is 57.8 Å². The summed E-state index contributed by atoms with van der Waals surface area (Å²) in [7, 11) is 4.64. The number of carbonyl (C=O) groups excluding carboxylic acids is 2. The van der Waals surface area contributed by atoms with Crippen LogP contribution in [0, 0.1) is 0 Å². The lowest BCUT2D eigenvalue weighted by molar-refractivity contribution is -0.129. The Hall–Kier alpha value is -3.22. The zero-order chi connectivity index (χ0) is 28.0. The van der Waals surface area contributed by atoms with Crippen LogP contribution < -0.4 is 18.9 Å². The van der Waals surface area contributed by atoms with Crippen molar-refractivity contribution in [2.24, 2.45) is 0 Å². The van der Waals surface area contributed by atoms with Crippen LogP contribution in [0.5, 0.6) is 23.0 Å². The van der Waals surface area contributed by atoms with E-state index in [2.05, 4.69) is 6.92 Å². The van der Waals surface area contributed by atoms with E-state index in [0.717, 1.165) is 17.7 Å². The molecule has 3 rings (SSSR count). The van der Waals surface area contributed by atoms with E-state index in [-0.39, 0.29) is 24.8 Å². The van der Waals surface area contributed by atoms with Gasteiger partial charge in [0.05, 0.1) is 34.5 Å². The minimum atomic E-state index is -0.789. The molecule has 39 heavy (non-hydrogen) atoms. The number of carbonyl (C=O) groups is 2. The summed E-state index contributed by atoms with van der Waals surface area (Å²) in [5.41, 5.74) is 1.49. The number of rotatable bonds is 18. The zero-order valence-corrected chi connectivity index (χ0v) is 24.1. The summed E-state index contributed by atoms with van der Waals surface area (Å²) in [6.45, 7) is 3.28. The van der Waals surface area contributed by atoms with Crippen LogP contribution in [0.2, 0.25) is 0 Å². The van der Waals surface area contributed by atoms with Crippen molar-refractivity contribution >= 4 is 11.7 Å². The number of methoxy groups -OCH3 is 3. The second kappa shape index (κ2) is 16.0. The summed E-state index contributed by atoms with van der Waals surface area (Å²) in [6.07, 6.45) is 12.9. The van der Waals surface area contributed by atoms with Crippen molar-refractivity contribution in [3.05, 3.63) is 47.5 Å². The van der Waals surface area contributed by atoms with E-state index in [0.29, 0.717) is 29.4 Å². The highest BCUT2D eigenvalue weighted by molar-refractivity contribution is 6.13. The molecule has 1 saturated heterocycles. The molecule has 7 nitrogen and oxygen atoms in total. The minimum absolute atomic E-state index is 0.0666. The number of Topliss-reactive ketones (excluding diaryl/α,β-unsaturated/α-hetero) is 1. The topological polar surface area (TPSA) is 74.3 Å². The van der Waals surface area contributed by atoms with Gasteiger partial charge in [0.2, 0.25) is 11.7 Å². The fourth-order valence-corrected chi connectivity index (χ4v) is 5.12. The van der Waals surface area contributed by atoms with Gasteiger partial charge in [-0.05, 0) is 41.8 Å². The summed E-state index contributed by atoms with van der Waals surface area (Å²) in [5, 5.41) is 0. The lowest BCUT2D eigenvalue weighted by atomic mass is 9.97. The normalized spacial score (nSPS) is 15.1. The third-order valence-corrected chi connectivity index (χ3v) is 7.31. The van der Waals surface area contributed by atoms with Crippen molar-refractivity contribution in [3.63, 3.8) is 0 Å². The fourth-order valence-electron chi connectivity index (χ4n) is 5.12. The SMILES string of the molecule is CCCCCCCCCCCCOc1ccc(C2C(=O)CN(Cc3cc(OC)c(OC)c(OC)c3)C2=O)cc1. The Morgan fingerprint density at radius 1 is 0.769 bits per heavy atom. The Labute approximate surface area is 233 Å². The average Bonchev–Trinajstić information content (AvgIpc) is 3.23. The molecule has 0 saturated carbocycles. The van der Waals surface area contributed by atoms with Gasteiger partial charge in [-0.3, -0.25) is 9.59 Å². The molecule has 0 spiro atoms. The van der Waals surface area contributed by atoms with E-state index in [1.807, 2.05) is 24.3 Å². The smallest absolute Gasteiger partial charge is 0.238 e. The lowest BCUT2D eigenvalue weighted by Crippen LogP contribution is -2.26. The van der Waals surface area contributed by atoms with Gasteiger partial charge in [0.1, 0.15) is 11.7 Å². The van der Waals surface area contributed by atoms with Gasteiger partial charge in [0.15, 0.2) is 17.3 Å². The summed E-state index contributed by atoms with van der Waals surface area (Å²) in [6, 6.07) is 11.0. The number of hydrogen-bond acceptors (Lipinski definition) is 6. The highest BCUT2D eigenvalue weighted by Gasteiger charge is 2.40. The van der Waals surface area contributed by atoms with Gasteiger partial charge in [-0.1, -0.05) is 76.8 Å². The first-order valence-corrected chi connectivity index (χ1v) is 14.4. The highest BCUT2D eigenvalue weighted by Crippen LogP contribution is 2.39. The van der Waals surface area contributed by atoms with Crippen molar-refractivity contribution in [2.75, 3.05) is 34.5 Å². The van der Waals surface area contributed by atoms with Crippen molar-refractivity contribution in [1.29, 1.82) is 0 Å². The quantitative estimate of drug-likeness (QED) is 0.155. The molecule has 7 heteroatoms. The first-order valence-electron chi connectivity index (χ1n) is 14.4. The molecule has 1 heterocycles. The molecular formula is C32H45NO6. The van der Waals surface area contributed by atoms with Gasteiger partial charge in [-0.25, -0.2) is 0 Å². The number of ketones is 1. The summed E-state index contributed by atoms with van der Waals surface area (Å²) in [4.78, 5) is 27.6. The molecule has 0 aromatic heterocycles. The van der Waals surface area contributed by atoms with Gasteiger partial charge in [0.25, 0.3) is 0 Å². The predicted molar refractivity (Wildman–Crippen MR) is 153 cm³/mol. The Balaban J connectivity index is 1.46. The molecule has 0 aliphatic carbocycles. The molecule has 1 fully saturated rings.